The van der Waals surface area contributed by atoms with E-state index in [1.807, 2.05) is 66.2 Å². The van der Waals surface area contributed by atoms with E-state index in [4.69, 9.17) is 9.51 Å². The van der Waals surface area contributed by atoms with Crippen LogP contribution in [0.25, 0.3) is 28.2 Å². The van der Waals surface area contributed by atoms with Gasteiger partial charge in [-0.1, -0.05) is 35.5 Å². The molecular weight excluding hydrogens is 340 g/mol. The number of nitrogens with one attached hydrogen (secondary N) is 1. The molecule has 0 saturated heterocycles. The first-order valence-corrected chi connectivity index (χ1v) is 9.01. The molecule has 0 bridgehead atoms. The van der Waals surface area contributed by atoms with Crippen molar-refractivity contribution in [3.8, 4) is 22.5 Å². The van der Waals surface area contributed by atoms with Crippen molar-refractivity contribution in [1.82, 2.24) is 19.9 Å². The Morgan fingerprint density at radius 3 is 2.74 bits per heavy atom. The minimum atomic E-state index is -0.0409. The van der Waals surface area contributed by atoms with E-state index < -0.39 is 0 Å². The number of rotatable bonds is 4. The van der Waals surface area contributed by atoms with Gasteiger partial charge >= 0.3 is 0 Å². The lowest BCUT2D eigenvalue weighted by molar-refractivity contribution is 0.0950. The number of aryl methyl sites for hydroxylation is 1. The normalized spacial score (nSPS) is 13.8. The van der Waals surface area contributed by atoms with Crippen molar-refractivity contribution >= 4 is 11.6 Å². The lowest BCUT2D eigenvalue weighted by Gasteiger charge is -2.03. The zero-order valence-electron chi connectivity index (χ0n) is 14.8. The molecular formula is C21H18N4O2. The molecule has 27 heavy (non-hydrogen) atoms. The second-order valence-corrected chi connectivity index (χ2v) is 6.89. The van der Waals surface area contributed by atoms with Crippen LogP contribution in [0.1, 0.15) is 29.0 Å². The van der Waals surface area contributed by atoms with E-state index in [0.29, 0.717) is 17.4 Å². The highest BCUT2D eigenvalue weighted by Crippen LogP contribution is 2.33. The minimum Gasteiger partial charge on any atom is -0.360 e. The van der Waals surface area contributed by atoms with Gasteiger partial charge in [-0.15, -0.1) is 0 Å². The highest BCUT2D eigenvalue weighted by molar-refractivity contribution is 5.94. The third-order valence-corrected chi connectivity index (χ3v) is 4.79. The van der Waals surface area contributed by atoms with Crippen LogP contribution in [0.4, 0.5) is 0 Å². The van der Waals surface area contributed by atoms with Crippen LogP contribution in [0.5, 0.6) is 0 Å². The maximum absolute atomic E-state index is 12.3. The van der Waals surface area contributed by atoms with E-state index in [1.54, 1.807) is 0 Å². The molecule has 1 fully saturated rings. The van der Waals surface area contributed by atoms with Crippen LogP contribution < -0.4 is 5.32 Å². The number of pyridine rings is 1. The van der Waals surface area contributed by atoms with Crippen molar-refractivity contribution in [2.75, 3.05) is 0 Å². The topological polar surface area (TPSA) is 72.4 Å². The van der Waals surface area contributed by atoms with E-state index in [0.717, 1.165) is 41.0 Å². The molecule has 4 aromatic rings. The van der Waals surface area contributed by atoms with Crippen LogP contribution in [-0.4, -0.2) is 26.5 Å². The number of nitrogens with zero attached hydrogens (tertiary/aromatic N) is 3. The van der Waals surface area contributed by atoms with Crippen molar-refractivity contribution in [2.24, 2.45) is 0 Å². The third kappa shape index (κ3) is 2.89. The molecule has 1 aromatic carbocycles. The van der Waals surface area contributed by atoms with Crippen LogP contribution >= 0.6 is 0 Å². The van der Waals surface area contributed by atoms with Crippen LogP contribution in [0.3, 0.4) is 0 Å². The van der Waals surface area contributed by atoms with Crippen molar-refractivity contribution in [3.05, 3.63) is 66.2 Å². The number of amides is 1. The van der Waals surface area contributed by atoms with E-state index >= 15 is 0 Å². The highest BCUT2D eigenvalue weighted by atomic mass is 16.5. The molecule has 0 spiro atoms. The average Bonchev–Trinajstić information content (AvgIpc) is 3.26. The summed E-state index contributed by atoms with van der Waals surface area (Å²) in [4.78, 5) is 17.0. The fourth-order valence-electron chi connectivity index (χ4n) is 3.21. The molecule has 6 heteroatoms. The van der Waals surface area contributed by atoms with Gasteiger partial charge in [-0.2, -0.15) is 0 Å². The van der Waals surface area contributed by atoms with Gasteiger partial charge in [-0.3, -0.25) is 4.79 Å². The number of carbonyl (C=O) groups is 1. The Labute approximate surface area is 155 Å². The van der Waals surface area contributed by atoms with Crippen LogP contribution in [-0.2, 0) is 0 Å². The van der Waals surface area contributed by atoms with Gasteiger partial charge in [-0.25, -0.2) is 4.98 Å². The van der Waals surface area contributed by atoms with Gasteiger partial charge in [0.05, 0.1) is 16.8 Å². The van der Waals surface area contributed by atoms with Gasteiger partial charge in [0, 0.05) is 24.0 Å². The maximum atomic E-state index is 12.3. The standard InChI is InChI=1S/C21H18N4O2/c1-13-19(20(24-27-13)14-5-3-2-4-6-14)17-12-25-11-15(7-10-18(25)23-17)21(26)22-16-8-9-16/h2-7,10-12,16H,8-9H2,1H3,(H,22,26). The smallest absolute Gasteiger partial charge is 0.252 e. The Hall–Kier alpha value is -3.41. The maximum Gasteiger partial charge on any atom is 0.252 e. The summed E-state index contributed by atoms with van der Waals surface area (Å²) in [5.74, 6) is 0.671. The Balaban J connectivity index is 1.56. The molecule has 3 aromatic heterocycles. The number of hydrogen-bond donors (Lipinski definition) is 1. The molecule has 0 unspecified atom stereocenters. The molecule has 5 rings (SSSR count). The van der Waals surface area contributed by atoms with E-state index in [1.165, 1.54) is 0 Å². The first-order chi connectivity index (χ1) is 13.2. The predicted molar refractivity (Wildman–Crippen MR) is 101 cm³/mol. The second kappa shape index (κ2) is 6.09. The van der Waals surface area contributed by atoms with Gasteiger partial charge < -0.3 is 14.2 Å². The molecule has 3 heterocycles. The Morgan fingerprint density at radius 1 is 1.15 bits per heavy atom. The number of fused-ring (bicyclic) bond motifs is 1. The number of hydrogen-bond acceptors (Lipinski definition) is 4. The summed E-state index contributed by atoms with van der Waals surface area (Å²) < 4.78 is 7.32. The monoisotopic (exact) mass is 358 g/mol. The SMILES string of the molecule is Cc1onc(-c2ccccc2)c1-c1cn2cc(C(=O)NC3CC3)ccc2n1. The summed E-state index contributed by atoms with van der Waals surface area (Å²) in [6.45, 7) is 1.88. The first-order valence-electron chi connectivity index (χ1n) is 9.01. The van der Waals surface area contributed by atoms with E-state index in [2.05, 4.69) is 10.5 Å². The van der Waals surface area contributed by atoms with Gasteiger partial charge in [0.2, 0.25) is 0 Å². The quantitative estimate of drug-likeness (QED) is 0.601. The molecule has 0 radical (unpaired) electrons. The van der Waals surface area contributed by atoms with Crippen molar-refractivity contribution in [3.63, 3.8) is 0 Å². The number of carbonyl (C=O) groups excluding carboxylic acids is 1. The van der Waals surface area contributed by atoms with Crippen LogP contribution in [0.15, 0.2) is 59.4 Å². The lowest BCUT2D eigenvalue weighted by Crippen LogP contribution is -2.25. The van der Waals surface area contributed by atoms with Crippen molar-refractivity contribution in [1.29, 1.82) is 0 Å². The third-order valence-electron chi connectivity index (χ3n) is 4.79. The predicted octanol–water partition coefficient (Wildman–Crippen LogP) is 3.86. The molecule has 0 atom stereocenters. The largest absolute Gasteiger partial charge is 0.360 e. The second-order valence-electron chi connectivity index (χ2n) is 6.89. The summed E-state index contributed by atoms with van der Waals surface area (Å²) >= 11 is 0. The van der Waals surface area contributed by atoms with Crippen LogP contribution in [0, 0.1) is 6.92 Å². The number of imidazole rings is 1. The van der Waals surface area contributed by atoms with Gasteiger partial charge in [0.1, 0.15) is 17.1 Å². The van der Waals surface area contributed by atoms with Gasteiger partial charge in [0.15, 0.2) is 0 Å². The van der Waals surface area contributed by atoms with E-state index in [-0.39, 0.29) is 5.91 Å². The Bertz CT molecular complexity index is 1140. The lowest BCUT2D eigenvalue weighted by atomic mass is 10.0. The molecule has 1 saturated carbocycles. The molecule has 1 amide bonds. The zero-order valence-corrected chi connectivity index (χ0v) is 14.8. The first kappa shape index (κ1) is 15.8. The summed E-state index contributed by atoms with van der Waals surface area (Å²) in [6.07, 6.45) is 5.86. The summed E-state index contributed by atoms with van der Waals surface area (Å²) in [5, 5.41) is 7.24. The number of aromatic nitrogens is 3. The molecule has 1 aliphatic carbocycles. The van der Waals surface area contributed by atoms with Crippen molar-refractivity contribution in [2.45, 2.75) is 25.8 Å². The number of benzene rings is 1. The minimum absolute atomic E-state index is 0.0409. The molecule has 134 valence electrons. The molecule has 6 nitrogen and oxygen atoms in total. The zero-order chi connectivity index (χ0) is 18.4. The van der Waals surface area contributed by atoms with Gasteiger partial charge in [-0.05, 0) is 31.9 Å². The van der Waals surface area contributed by atoms with Crippen LogP contribution in [0.2, 0.25) is 0 Å². The Kier molecular flexibility index (Phi) is 3.57. The summed E-state index contributed by atoms with van der Waals surface area (Å²) in [7, 11) is 0. The fourth-order valence-corrected chi connectivity index (χ4v) is 3.21. The van der Waals surface area contributed by atoms with Crippen molar-refractivity contribution < 1.29 is 9.32 Å². The fraction of sp³-hybridized carbons (Fsp3) is 0.190. The molecule has 0 aliphatic heterocycles. The molecule has 1 N–H and O–H groups in total. The average molecular weight is 358 g/mol. The van der Waals surface area contributed by atoms with E-state index in [9.17, 15) is 4.79 Å². The Morgan fingerprint density at radius 2 is 1.96 bits per heavy atom. The summed E-state index contributed by atoms with van der Waals surface area (Å²) in [5.41, 5.74) is 4.78. The van der Waals surface area contributed by atoms with Gasteiger partial charge in [0.25, 0.3) is 5.91 Å². The highest BCUT2D eigenvalue weighted by Gasteiger charge is 2.24. The summed E-state index contributed by atoms with van der Waals surface area (Å²) in [6, 6.07) is 13.9. The molecule has 1 aliphatic rings.